The van der Waals surface area contributed by atoms with Crippen molar-refractivity contribution in [1.29, 1.82) is 0 Å². The van der Waals surface area contributed by atoms with Gasteiger partial charge in [-0.1, -0.05) is 38.3 Å². The first kappa shape index (κ1) is 27.2. The van der Waals surface area contributed by atoms with Gasteiger partial charge in [-0.25, -0.2) is 13.9 Å². The molecule has 2 aliphatic rings. The molecule has 208 valence electrons. The molecule has 2 amide bonds. The first-order chi connectivity index (χ1) is 19.0. The minimum absolute atomic E-state index is 0.138. The van der Waals surface area contributed by atoms with Crippen molar-refractivity contribution in [3.05, 3.63) is 59.4 Å². The highest BCUT2D eigenvalue weighted by Gasteiger charge is 2.29. The standard InChI is InChI=1S/C30H40FN7O/c1-3-20-15-24(29-35-36-37-38(29)2)18-27(16-20)33-30(39)34-28-10-5-4-7-23(28)19-32-26-9-6-8-22(17-26)21-11-13-25(31)14-12-21/h11-16,18,22-23,26,28,32H,3-10,17,19H2,1-2H3,(H2,33,34,39)/t22-,23+,26-,28-/m1/s1. The molecule has 2 aromatic carbocycles. The van der Waals surface area contributed by atoms with Crippen LogP contribution < -0.4 is 16.0 Å². The SMILES string of the molecule is CCc1cc(NC(=O)N[C@@H]2CCCC[C@H]2CN[C@@H]2CCC[C@@H](c3ccc(F)cc3)C2)cc(-c2nnnn2C)c1. The molecule has 39 heavy (non-hydrogen) atoms. The Labute approximate surface area is 230 Å². The predicted octanol–water partition coefficient (Wildman–Crippen LogP) is 5.57. The molecule has 0 bridgehead atoms. The molecule has 0 radical (unpaired) electrons. The lowest BCUT2D eigenvalue weighted by atomic mass is 9.80. The highest BCUT2D eigenvalue weighted by molar-refractivity contribution is 5.90. The molecule has 1 heterocycles. The molecule has 3 N–H and O–H groups in total. The topological polar surface area (TPSA) is 96.8 Å². The van der Waals surface area contributed by atoms with Crippen LogP contribution in [-0.4, -0.2) is 44.9 Å². The Hall–Kier alpha value is -3.33. The van der Waals surface area contributed by atoms with Crippen LogP contribution in [0.3, 0.4) is 0 Å². The van der Waals surface area contributed by atoms with E-state index in [9.17, 15) is 9.18 Å². The summed E-state index contributed by atoms with van der Waals surface area (Å²) in [5.74, 6) is 1.36. The van der Waals surface area contributed by atoms with Crippen molar-refractivity contribution in [1.82, 2.24) is 30.8 Å². The molecule has 2 fully saturated rings. The molecule has 0 unspecified atom stereocenters. The van der Waals surface area contributed by atoms with E-state index in [-0.39, 0.29) is 17.9 Å². The summed E-state index contributed by atoms with van der Waals surface area (Å²) >= 11 is 0. The number of nitrogens with one attached hydrogen (secondary N) is 3. The second kappa shape index (κ2) is 12.7. The molecule has 1 aromatic heterocycles. The molecule has 3 aromatic rings. The number of hydrogen-bond acceptors (Lipinski definition) is 5. The third-order valence-electron chi connectivity index (χ3n) is 8.45. The molecule has 0 spiro atoms. The van der Waals surface area contributed by atoms with Crippen LogP contribution in [0.5, 0.6) is 0 Å². The highest BCUT2D eigenvalue weighted by atomic mass is 19.1. The van der Waals surface area contributed by atoms with Crippen LogP contribution in [0.2, 0.25) is 0 Å². The summed E-state index contributed by atoms with van der Waals surface area (Å²) in [4.78, 5) is 13.1. The van der Waals surface area contributed by atoms with E-state index in [4.69, 9.17) is 0 Å². The van der Waals surface area contributed by atoms with Gasteiger partial charge in [-0.3, -0.25) is 0 Å². The molecule has 9 heteroatoms. The van der Waals surface area contributed by atoms with Gasteiger partial charge in [-0.15, -0.1) is 5.10 Å². The summed E-state index contributed by atoms with van der Waals surface area (Å²) in [6.45, 7) is 2.99. The van der Waals surface area contributed by atoms with Gasteiger partial charge in [0.1, 0.15) is 5.82 Å². The minimum Gasteiger partial charge on any atom is -0.335 e. The quantitative estimate of drug-likeness (QED) is 0.352. The Bertz CT molecular complexity index is 1240. The van der Waals surface area contributed by atoms with Crippen molar-refractivity contribution in [2.75, 3.05) is 11.9 Å². The zero-order valence-electron chi connectivity index (χ0n) is 23.0. The zero-order chi connectivity index (χ0) is 27.2. The van der Waals surface area contributed by atoms with Crippen LogP contribution in [-0.2, 0) is 13.5 Å². The maximum absolute atomic E-state index is 13.4. The van der Waals surface area contributed by atoms with Gasteiger partial charge in [-0.2, -0.15) is 0 Å². The Balaban J connectivity index is 1.17. The highest BCUT2D eigenvalue weighted by Crippen LogP contribution is 2.33. The average molecular weight is 534 g/mol. The van der Waals surface area contributed by atoms with Gasteiger partial charge < -0.3 is 16.0 Å². The molecular weight excluding hydrogens is 493 g/mol. The number of anilines is 1. The predicted molar refractivity (Wildman–Crippen MR) is 151 cm³/mol. The molecule has 0 saturated heterocycles. The number of aryl methyl sites for hydroxylation is 2. The number of tetrazole rings is 1. The van der Waals surface area contributed by atoms with Crippen LogP contribution >= 0.6 is 0 Å². The van der Waals surface area contributed by atoms with Gasteiger partial charge in [0.15, 0.2) is 5.82 Å². The summed E-state index contributed by atoms with van der Waals surface area (Å²) in [5.41, 5.74) is 3.96. The number of halogens is 1. The number of nitrogens with zero attached hydrogens (tertiary/aromatic N) is 4. The number of hydrogen-bond donors (Lipinski definition) is 3. The Kier molecular flexibility index (Phi) is 8.86. The van der Waals surface area contributed by atoms with E-state index in [0.717, 1.165) is 61.9 Å². The Morgan fingerprint density at radius 1 is 1.05 bits per heavy atom. The summed E-state index contributed by atoms with van der Waals surface area (Å²) in [6, 6.07) is 13.4. The van der Waals surface area contributed by atoms with Gasteiger partial charge in [0.05, 0.1) is 0 Å². The maximum Gasteiger partial charge on any atom is 0.319 e. The van der Waals surface area contributed by atoms with E-state index in [1.807, 2.05) is 24.3 Å². The first-order valence-corrected chi connectivity index (χ1v) is 14.4. The van der Waals surface area contributed by atoms with Crippen LogP contribution in [0.1, 0.15) is 75.3 Å². The molecule has 2 saturated carbocycles. The minimum atomic E-state index is -0.176. The van der Waals surface area contributed by atoms with Crippen LogP contribution in [0.25, 0.3) is 11.4 Å². The number of urea groups is 1. The van der Waals surface area contributed by atoms with Crippen molar-refractivity contribution >= 4 is 11.7 Å². The third-order valence-corrected chi connectivity index (χ3v) is 8.45. The normalized spacial score (nSPS) is 23.4. The maximum atomic E-state index is 13.4. The van der Waals surface area contributed by atoms with E-state index < -0.39 is 0 Å². The van der Waals surface area contributed by atoms with Crippen LogP contribution in [0, 0.1) is 11.7 Å². The van der Waals surface area contributed by atoms with Gasteiger partial charge in [-0.05, 0) is 102 Å². The van der Waals surface area contributed by atoms with Crippen molar-refractivity contribution in [2.24, 2.45) is 13.0 Å². The van der Waals surface area contributed by atoms with Crippen molar-refractivity contribution in [2.45, 2.75) is 82.7 Å². The monoisotopic (exact) mass is 533 g/mol. The summed E-state index contributed by atoms with van der Waals surface area (Å²) in [7, 11) is 1.81. The third kappa shape index (κ3) is 7.01. The number of aromatic nitrogens is 4. The largest absolute Gasteiger partial charge is 0.335 e. The van der Waals surface area contributed by atoms with Gasteiger partial charge in [0, 0.05) is 36.9 Å². The lowest BCUT2D eigenvalue weighted by Crippen LogP contribution is -2.48. The average Bonchev–Trinajstić information content (AvgIpc) is 3.38. The Morgan fingerprint density at radius 3 is 2.64 bits per heavy atom. The van der Waals surface area contributed by atoms with Crippen molar-refractivity contribution in [3.8, 4) is 11.4 Å². The smallest absolute Gasteiger partial charge is 0.319 e. The van der Waals surface area contributed by atoms with Crippen molar-refractivity contribution < 1.29 is 9.18 Å². The van der Waals surface area contributed by atoms with Gasteiger partial charge >= 0.3 is 6.03 Å². The summed E-state index contributed by atoms with van der Waals surface area (Å²) in [6.07, 6.45) is 9.86. The summed E-state index contributed by atoms with van der Waals surface area (Å²) < 4.78 is 15.0. The van der Waals surface area contributed by atoms with Crippen LogP contribution in [0.4, 0.5) is 14.9 Å². The molecule has 4 atom stereocenters. The number of carbonyl (C=O) groups is 1. The number of carbonyl (C=O) groups excluding carboxylic acids is 1. The number of benzene rings is 2. The molecule has 8 nitrogen and oxygen atoms in total. The summed E-state index contributed by atoms with van der Waals surface area (Å²) in [5, 5.41) is 22.0. The first-order valence-electron chi connectivity index (χ1n) is 14.4. The molecular formula is C30H40FN7O. The lowest BCUT2D eigenvalue weighted by molar-refractivity contribution is 0.219. The van der Waals surface area contributed by atoms with E-state index in [1.165, 1.54) is 24.8 Å². The number of rotatable bonds is 8. The molecule has 2 aliphatic carbocycles. The van der Waals surface area contributed by atoms with Crippen LogP contribution in [0.15, 0.2) is 42.5 Å². The lowest BCUT2D eigenvalue weighted by Gasteiger charge is -2.35. The van der Waals surface area contributed by atoms with E-state index in [2.05, 4.69) is 44.5 Å². The van der Waals surface area contributed by atoms with E-state index >= 15 is 0 Å². The second-order valence-electron chi connectivity index (χ2n) is 11.2. The van der Waals surface area contributed by atoms with Gasteiger partial charge in [0.2, 0.25) is 0 Å². The fourth-order valence-corrected chi connectivity index (χ4v) is 6.28. The Morgan fingerprint density at radius 2 is 1.87 bits per heavy atom. The fourth-order valence-electron chi connectivity index (χ4n) is 6.28. The van der Waals surface area contributed by atoms with Crippen molar-refractivity contribution in [3.63, 3.8) is 0 Å². The van der Waals surface area contributed by atoms with E-state index in [0.29, 0.717) is 23.7 Å². The van der Waals surface area contributed by atoms with Gasteiger partial charge in [0.25, 0.3) is 0 Å². The second-order valence-corrected chi connectivity index (χ2v) is 11.2. The van der Waals surface area contributed by atoms with E-state index in [1.54, 1.807) is 23.9 Å². The molecule has 5 rings (SSSR count). The number of amides is 2. The molecule has 0 aliphatic heterocycles. The fraction of sp³-hybridized carbons (Fsp3) is 0.533. The zero-order valence-corrected chi connectivity index (χ0v) is 23.0.